The van der Waals surface area contributed by atoms with Gasteiger partial charge >= 0.3 is 6.03 Å². The molecule has 10 nitrogen and oxygen atoms in total. The molecule has 0 saturated carbocycles. The monoisotopic (exact) mass is 442 g/mol. The van der Waals surface area contributed by atoms with Crippen LogP contribution < -0.4 is 20.1 Å². The van der Waals surface area contributed by atoms with Crippen LogP contribution in [0.15, 0.2) is 77.7 Å². The molecule has 0 radical (unpaired) electrons. The van der Waals surface area contributed by atoms with Crippen molar-refractivity contribution in [2.45, 2.75) is 4.90 Å². The van der Waals surface area contributed by atoms with Crippen LogP contribution in [0.4, 0.5) is 27.5 Å². The first-order valence-electron chi connectivity index (χ1n) is 8.87. The number of sulfonamides is 1. The highest BCUT2D eigenvalue weighted by Crippen LogP contribution is 2.24. The van der Waals surface area contributed by atoms with E-state index >= 15 is 0 Å². The first-order chi connectivity index (χ1) is 14.8. The van der Waals surface area contributed by atoms with Gasteiger partial charge in [-0.3, -0.25) is 14.8 Å². The molecule has 3 aromatic carbocycles. The van der Waals surface area contributed by atoms with Crippen LogP contribution in [0.25, 0.3) is 0 Å². The van der Waals surface area contributed by atoms with Crippen LogP contribution in [-0.4, -0.2) is 26.5 Å². The fourth-order valence-electron chi connectivity index (χ4n) is 2.63. The molecular formula is C20H18N4O6S. The number of nitrogens with zero attached hydrogens (tertiary/aromatic N) is 1. The van der Waals surface area contributed by atoms with Crippen LogP contribution in [0.5, 0.6) is 5.75 Å². The second kappa shape index (κ2) is 9.13. The normalized spacial score (nSPS) is 10.7. The lowest BCUT2D eigenvalue weighted by Crippen LogP contribution is -2.20. The van der Waals surface area contributed by atoms with E-state index in [2.05, 4.69) is 15.4 Å². The molecule has 0 aromatic heterocycles. The molecule has 0 aliphatic carbocycles. The predicted octanol–water partition coefficient (Wildman–Crippen LogP) is 4.05. The van der Waals surface area contributed by atoms with E-state index in [9.17, 15) is 23.3 Å². The Morgan fingerprint density at radius 3 is 2.29 bits per heavy atom. The molecule has 0 fully saturated rings. The Hall–Kier alpha value is -4.12. The van der Waals surface area contributed by atoms with Crippen molar-refractivity contribution in [2.24, 2.45) is 0 Å². The molecule has 0 aliphatic rings. The number of benzene rings is 3. The van der Waals surface area contributed by atoms with E-state index in [4.69, 9.17) is 4.74 Å². The number of carbonyl (C=O) groups is 1. The van der Waals surface area contributed by atoms with Crippen LogP contribution >= 0.6 is 0 Å². The van der Waals surface area contributed by atoms with Crippen molar-refractivity contribution in [3.05, 3.63) is 82.9 Å². The van der Waals surface area contributed by atoms with Crippen molar-refractivity contribution in [2.75, 3.05) is 22.5 Å². The minimum absolute atomic E-state index is 0.0397. The number of methoxy groups -OCH3 is 1. The van der Waals surface area contributed by atoms with Gasteiger partial charge in [-0.05, 0) is 42.5 Å². The summed E-state index contributed by atoms with van der Waals surface area (Å²) in [4.78, 5) is 22.6. The van der Waals surface area contributed by atoms with Gasteiger partial charge in [0.05, 0.1) is 16.9 Å². The van der Waals surface area contributed by atoms with Gasteiger partial charge in [-0.15, -0.1) is 0 Å². The highest BCUT2D eigenvalue weighted by molar-refractivity contribution is 7.92. The van der Waals surface area contributed by atoms with Gasteiger partial charge in [0, 0.05) is 23.5 Å². The topological polar surface area (TPSA) is 140 Å². The summed E-state index contributed by atoms with van der Waals surface area (Å²) in [5.41, 5.74) is 0.459. The first kappa shape index (κ1) is 21.6. The summed E-state index contributed by atoms with van der Waals surface area (Å²) in [6, 6.07) is 17.0. The van der Waals surface area contributed by atoms with E-state index in [0.717, 1.165) is 0 Å². The summed E-state index contributed by atoms with van der Waals surface area (Å²) in [5.74, 6) is 0.409. The molecular weight excluding hydrogens is 424 g/mol. The number of anilines is 3. The molecule has 0 saturated heterocycles. The molecule has 160 valence electrons. The quantitative estimate of drug-likeness (QED) is 0.373. The van der Waals surface area contributed by atoms with Crippen LogP contribution in [-0.2, 0) is 10.0 Å². The molecule has 0 spiro atoms. The highest BCUT2D eigenvalue weighted by atomic mass is 32.2. The third-order valence-corrected chi connectivity index (χ3v) is 5.47. The number of urea groups is 1. The number of para-hydroxylation sites is 2. The Bertz CT molecular complexity index is 1210. The fourth-order valence-corrected chi connectivity index (χ4v) is 3.72. The third kappa shape index (κ3) is 5.48. The molecule has 0 unspecified atom stereocenters. The van der Waals surface area contributed by atoms with Gasteiger partial charge in [0.2, 0.25) is 0 Å². The molecule has 31 heavy (non-hydrogen) atoms. The molecule has 0 bridgehead atoms. The summed E-state index contributed by atoms with van der Waals surface area (Å²) >= 11 is 0. The molecule has 3 rings (SSSR count). The molecule has 0 aliphatic heterocycles. The maximum absolute atomic E-state index is 12.5. The lowest BCUT2D eigenvalue weighted by atomic mass is 10.2. The molecule has 3 N–H and O–H groups in total. The number of rotatable bonds is 7. The van der Waals surface area contributed by atoms with Crippen molar-refractivity contribution >= 4 is 38.8 Å². The maximum Gasteiger partial charge on any atom is 0.323 e. The zero-order valence-corrected chi connectivity index (χ0v) is 17.0. The van der Waals surface area contributed by atoms with E-state index < -0.39 is 21.0 Å². The zero-order valence-electron chi connectivity index (χ0n) is 16.2. The second-order valence-corrected chi connectivity index (χ2v) is 7.90. The minimum Gasteiger partial charge on any atom is -0.497 e. The van der Waals surface area contributed by atoms with Crippen molar-refractivity contribution in [3.8, 4) is 5.75 Å². The summed E-state index contributed by atoms with van der Waals surface area (Å²) in [7, 11) is -2.39. The Kier molecular flexibility index (Phi) is 6.36. The smallest absolute Gasteiger partial charge is 0.323 e. The van der Waals surface area contributed by atoms with Gasteiger partial charge in [0.15, 0.2) is 0 Å². The zero-order chi connectivity index (χ0) is 22.4. The van der Waals surface area contributed by atoms with Gasteiger partial charge in [0.25, 0.3) is 15.7 Å². The van der Waals surface area contributed by atoms with Crippen molar-refractivity contribution in [1.82, 2.24) is 0 Å². The number of nitro groups is 1. The molecule has 0 heterocycles. The Labute approximate surface area is 178 Å². The Morgan fingerprint density at radius 1 is 0.935 bits per heavy atom. The van der Waals surface area contributed by atoms with E-state index in [1.54, 1.807) is 18.2 Å². The number of nitro benzene ring substituents is 1. The van der Waals surface area contributed by atoms with Gasteiger partial charge < -0.3 is 15.4 Å². The summed E-state index contributed by atoms with van der Waals surface area (Å²) in [6.07, 6.45) is 0. The number of carbonyl (C=O) groups excluding carboxylic acids is 1. The average molecular weight is 442 g/mol. The molecule has 0 atom stereocenters. The van der Waals surface area contributed by atoms with E-state index in [1.165, 1.54) is 61.7 Å². The number of amides is 2. The number of ether oxygens (including phenoxy) is 1. The predicted molar refractivity (Wildman–Crippen MR) is 116 cm³/mol. The largest absolute Gasteiger partial charge is 0.497 e. The van der Waals surface area contributed by atoms with Crippen LogP contribution in [0.3, 0.4) is 0 Å². The number of hydrogen-bond donors (Lipinski definition) is 3. The van der Waals surface area contributed by atoms with Gasteiger partial charge in [-0.2, -0.15) is 0 Å². The molecule has 3 aromatic rings. The van der Waals surface area contributed by atoms with E-state index in [-0.39, 0.29) is 22.0 Å². The van der Waals surface area contributed by atoms with E-state index in [0.29, 0.717) is 11.4 Å². The average Bonchev–Trinajstić information content (AvgIpc) is 2.75. The van der Waals surface area contributed by atoms with Crippen molar-refractivity contribution < 1.29 is 22.9 Å². The third-order valence-electron chi connectivity index (χ3n) is 4.10. The molecule has 2 amide bonds. The lowest BCUT2D eigenvalue weighted by Gasteiger charge is -2.11. The van der Waals surface area contributed by atoms with Crippen molar-refractivity contribution in [3.63, 3.8) is 0 Å². The summed E-state index contributed by atoms with van der Waals surface area (Å²) in [6.45, 7) is 0. The maximum atomic E-state index is 12.5. The highest BCUT2D eigenvalue weighted by Gasteiger charge is 2.16. The SMILES string of the molecule is COc1cccc(S(=O)(=O)Nc2ccc(NC(=O)Nc3ccccc3[N+](=O)[O-])cc2)c1. The van der Waals surface area contributed by atoms with Gasteiger partial charge in [-0.25, -0.2) is 13.2 Å². The number of nitrogens with one attached hydrogen (secondary N) is 3. The molecule has 11 heteroatoms. The van der Waals surface area contributed by atoms with Crippen LogP contribution in [0.1, 0.15) is 0 Å². The van der Waals surface area contributed by atoms with Crippen molar-refractivity contribution in [1.29, 1.82) is 0 Å². The fraction of sp³-hybridized carbons (Fsp3) is 0.0500. The Morgan fingerprint density at radius 2 is 1.61 bits per heavy atom. The summed E-state index contributed by atoms with van der Waals surface area (Å²) in [5, 5.41) is 16.0. The minimum atomic E-state index is -3.83. The van der Waals surface area contributed by atoms with Crippen LogP contribution in [0, 0.1) is 10.1 Å². The van der Waals surface area contributed by atoms with Gasteiger partial charge in [0.1, 0.15) is 11.4 Å². The van der Waals surface area contributed by atoms with Crippen LogP contribution in [0.2, 0.25) is 0 Å². The van der Waals surface area contributed by atoms with Gasteiger partial charge in [-0.1, -0.05) is 18.2 Å². The summed E-state index contributed by atoms with van der Waals surface area (Å²) < 4.78 is 32.5. The Balaban J connectivity index is 1.66. The second-order valence-electron chi connectivity index (χ2n) is 6.22. The standard InChI is InChI=1S/C20H18N4O6S/c1-30-16-5-4-6-17(13-16)31(28,29)23-15-11-9-14(10-12-15)21-20(25)22-18-7-2-3-8-19(18)24(26)27/h2-13,23H,1H3,(H2,21,22,25). The number of hydrogen-bond acceptors (Lipinski definition) is 6. The van der Waals surface area contributed by atoms with E-state index in [1.807, 2.05) is 0 Å². The lowest BCUT2D eigenvalue weighted by molar-refractivity contribution is -0.383. The first-order valence-corrected chi connectivity index (χ1v) is 10.4.